The van der Waals surface area contributed by atoms with Gasteiger partial charge in [0.15, 0.2) is 0 Å². The van der Waals surface area contributed by atoms with Crippen molar-refractivity contribution in [3.8, 4) is 0 Å². The largest absolute Gasteiger partial charge is 0.326 e. The Kier molecular flexibility index (Phi) is 4.35. The standard InChI is InChI=1S/C13H22N2O2S2/c1-3-13(5-4-6-13)9-15-19(16,17)12-7-10(2)11(8-14)18-12/h7,15H,3-6,8-9,14H2,1-2H3. The van der Waals surface area contributed by atoms with Crippen molar-refractivity contribution in [2.45, 2.75) is 50.3 Å². The number of thiophene rings is 1. The molecule has 6 heteroatoms. The van der Waals surface area contributed by atoms with Gasteiger partial charge in [-0.3, -0.25) is 0 Å². The lowest BCUT2D eigenvalue weighted by Crippen LogP contribution is -2.41. The van der Waals surface area contributed by atoms with Crippen LogP contribution in [-0.2, 0) is 16.6 Å². The van der Waals surface area contributed by atoms with Gasteiger partial charge in [0, 0.05) is 18.0 Å². The topological polar surface area (TPSA) is 72.2 Å². The first-order chi connectivity index (χ1) is 8.92. The molecule has 1 heterocycles. The number of sulfonamides is 1. The van der Waals surface area contributed by atoms with Gasteiger partial charge in [-0.1, -0.05) is 13.3 Å². The molecule has 19 heavy (non-hydrogen) atoms. The highest BCUT2D eigenvalue weighted by atomic mass is 32.2. The van der Waals surface area contributed by atoms with Crippen LogP contribution in [0.1, 0.15) is 43.0 Å². The Morgan fingerprint density at radius 3 is 2.58 bits per heavy atom. The van der Waals surface area contributed by atoms with E-state index in [2.05, 4.69) is 11.6 Å². The third-order valence-corrected chi connectivity index (χ3v) is 7.38. The fourth-order valence-electron chi connectivity index (χ4n) is 2.48. The molecule has 0 bridgehead atoms. The summed E-state index contributed by atoms with van der Waals surface area (Å²) in [7, 11) is -3.38. The highest BCUT2D eigenvalue weighted by Gasteiger charge is 2.36. The van der Waals surface area contributed by atoms with E-state index in [1.54, 1.807) is 6.07 Å². The molecule has 0 aromatic carbocycles. The van der Waals surface area contributed by atoms with Crippen LogP contribution in [0.4, 0.5) is 0 Å². The molecule has 0 saturated heterocycles. The van der Waals surface area contributed by atoms with Crippen LogP contribution in [-0.4, -0.2) is 15.0 Å². The first-order valence-corrected chi connectivity index (χ1v) is 9.01. The summed E-state index contributed by atoms with van der Waals surface area (Å²) in [5, 5.41) is 0. The van der Waals surface area contributed by atoms with Gasteiger partial charge in [0.25, 0.3) is 0 Å². The molecule has 2 rings (SSSR count). The summed E-state index contributed by atoms with van der Waals surface area (Å²) in [5.74, 6) is 0. The van der Waals surface area contributed by atoms with Crippen molar-refractivity contribution in [3.63, 3.8) is 0 Å². The molecular formula is C13H22N2O2S2. The lowest BCUT2D eigenvalue weighted by molar-refractivity contribution is 0.133. The van der Waals surface area contributed by atoms with Crippen LogP contribution >= 0.6 is 11.3 Å². The van der Waals surface area contributed by atoms with Crippen molar-refractivity contribution in [1.82, 2.24) is 4.72 Å². The summed E-state index contributed by atoms with van der Waals surface area (Å²) in [6, 6.07) is 1.72. The second kappa shape index (κ2) is 5.52. The lowest BCUT2D eigenvalue weighted by atomic mass is 9.67. The predicted octanol–water partition coefficient (Wildman–Crippen LogP) is 2.37. The Morgan fingerprint density at radius 2 is 2.16 bits per heavy atom. The van der Waals surface area contributed by atoms with Crippen molar-refractivity contribution in [1.29, 1.82) is 0 Å². The summed E-state index contributed by atoms with van der Waals surface area (Å²) >= 11 is 1.27. The Morgan fingerprint density at radius 1 is 1.47 bits per heavy atom. The molecule has 0 radical (unpaired) electrons. The smallest absolute Gasteiger partial charge is 0.250 e. The van der Waals surface area contributed by atoms with Crippen molar-refractivity contribution in [2.24, 2.45) is 11.1 Å². The van der Waals surface area contributed by atoms with Gasteiger partial charge in [0.2, 0.25) is 10.0 Å². The number of aryl methyl sites for hydroxylation is 1. The van der Waals surface area contributed by atoms with E-state index in [0.29, 0.717) is 17.3 Å². The fraction of sp³-hybridized carbons (Fsp3) is 0.692. The minimum atomic E-state index is -3.38. The number of hydrogen-bond donors (Lipinski definition) is 2. The zero-order valence-electron chi connectivity index (χ0n) is 11.5. The normalized spacial score (nSPS) is 18.3. The average Bonchev–Trinajstić information content (AvgIpc) is 2.70. The quantitative estimate of drug-likeness (QED) is 0.847. The number of nitrogens with two attached hydrogens (primary N) is 1. The third-order valence-electron chi connectivity index (χ3n) is 4.25. The third kappa shape index (κ3) is 3.02. The van der Waals surface area contributed by atoms with Crippen LogP contribution in [0.5, 0.6) is 0 Å². The van der Waals surface area contributed by atoms with E-state index in [-0.39, 0.29) is 5.41 Å². The second-order valence-corrected chi connectivity index (χ2v) is 8.54. The molecule has 0 amide bonds. The molecule has 1 aliphatic carbocycles. The molecule has 108 valence electrons. The number of rotatable bonds is 6. The van der Waals surface area contributed by atoms with Crippen molar-refractivity contribution < 1.29 is 8.42 Å². The summed E-state index contributed by atoms with van der Waals surface area (Å²) in [4.78, 5) is 0.939. The van der Waals surface area contributed by atoms with Crippen LogP contribution in [0.15, 0.2) is 10.3 Å². The molecular weight excluding hydrogens is 280 g/mol. The molecule has 1 saturated carbocycles. The zero-order chi connectivity index (χ0) is 14.1. The minimum absolute atomic E-state index is 0.191. The molecule has 1 aromatic rings. The van der Waals surface area contributed by atoms with E-state index in [1.165, 1.54) is 17.8 Å². The first-order valence-electron chi connectivity index (χ1n) is 6.71. The highest BCUT2D eigenvalue weighted by Crippen LogP contribution is 2.43. The summed E-state index contributed by atoms with van der Waals surface area (Å²) < 4.78 is 27.7. The minimum Gasteiger partial charge on any atom is -0.326 e. The molecule has 4 nitrogen and oxygen atoms in total. The fourth-order valence-corrected chi connectivity index (χ4v) is 5.14. The number of nitrogens with one attached hydrogen (secondary N) is 1. The Bertz CT molecular complexity index is 539. The van der Waals surface area contributed by atoms with E-state index in [4.69, 9.17) is 5.73 Å². The Hall–Kier alpha value is -0.430. The number of hydrogen-bond acceptors (Lipinski definition) is 4. The molecule has 0 atom stereocenters. The summed E-state index contributed by atoms with van der Waals surface area (Å²) in [5.41, 5.74) is 6.75. The molecule has 0 aliphatic heterocycles. The molecule has 0 unspecified atom stereocenters. The lowest BCUT2D eigenvalue weighted by Gasteiger charge is -2.41. The van der Waals surface area contributed by atoms with Crippen LogP contribution in [0.25, 0.3) is 0 Å². The van der Waals surface area contributed by atoms with Crippen LogP contribution in [0.3, 0.4) is 0 Å². The van der Waals surface area contributed by atoms with Gasteiger partial charge in [0.05, 0.1) is 0 Å². The monoisotopic (exact) mass is 302 g/mol. The van der Waals surface area contributed by atoms with Crippen LogP contribution in [0, 0.1) is 12.3 Å². The highest BCUT2D eigenvalue weighted by molar-refractivity contribution is 7.91. The van der Waals surface area contributed by atoms with Crippen molar-refractivity contribution in [2.75, 3.05) is 6.54 Å². The maximum absolute atomic E-state index is 12.3. The van der Waals surface area contributed by atoms with Gasteiger partial charge >= 0.3 is 0 Å². The zero-order valence-corrected chi connectivity index (χ0v) is 13.2. The van der Waals surface area contributed by atoms with E-state index in [9.17, 15) is 8.42 Å². The summed E-state index contributed by atoms with van der Waals surface area (Å²) in [6.07, 6.45) is 4.51. The van der Waals surface area contributed by atoms with Gasteiger partial charge < -0.3 is 5.73 Å². The van der Waals surface area contributed by atoms with Crippen molar-refractivity contribution >= 4 is 21.4 Å². The van der Waals surface area contributed by atoms with Crippen LogP contribution < -0.4 is 10.5 Å². The van der Waals surface area contributed by atoms with E-state index in [0.717, 1.165) is 29.7 Å². The maximum Gasteiger partial charge on any atom is 0.250 e. The Balaban J connectivity index is 2.09. The predicted molar refractivity (Wildman–Crippen MR) is 78.7 cm³/mol. The van der Waals surface area contributed by atoms with Crippen molar-refractivity contribution in [3.05, 3.63) is 16.5 Å². The molecule has 3 N–H and O–H groups in total. The van der Waals surface area contributed by atoms with Crippen LogP contribution in [0.2, 0.25) is 0 Å². The van der Waals surface area contributed by atoms with Gasteiger partial charge in [-0.25, -0.2) is 13.1 Å². The van der Waals surface area contributed by atoms with E-state index >= 15 is 0 Å². The second-order valence-electron chi connectivity index (χ2n) is 5.41. The maximum atomic E-state index is 12.3. The molecule has 1 fully saturated rings. The van der Waals surface area contributed by atoms with E-state index in [1.807, 2.05) is 6.92 Å². The molecule has 1 aliphatic rings. The average molecular weight is 302 g/mol. The van der Waals surface area contributed by atoms with E-state index < -0.39 is 10.0 Å². The van der Waals surface area contributed by atoms with Gasteiger partial charge in [-0.05, 0) is 43.2 Å². The Labute approximate surface area is 119 Å². The van der Waals surface area contributed by atoms with Gasteiger partial charge in [-0.15, -0.1) is 11.3 Å². The SMILES string of the molecule is CCC1(CNS(=O)(=O)c2cc(C)c(CN)s2)CCC1. The molecule has 0 spiro atoms. The first kappa shape index (κ1) is 15.0. The van der Waals surface area contributed by atoms with Gasteiger partial charge in [-0.2, -0.15) is 0 Å². The van der Waals surface area contributed by atoms with Gasteiger partial charge in [0.1, 0.15) is 4.21 Å². The molecule has 1 aromatic heterocycles. The summed E-state index contributed by atoms with van der Waals surface area (Å²) in [6.45, 7) is 4.98.